The van der Waals surface area contributed by atoms with Crippen molar-refractivity contribution in [3.05, 3.63) is 38.0 Å². The zero-order valence-corrected chi connectivity index (χ0v) is 9.38. The first kappa shape index (κ1) is 15.2. The number of hydrogen-bond acceptors (Lipinski definition) is 6. The van der Waals surface area contributed by atoms with E-state index in [0.29, 0.717) is 0 Å². The zero-order chi connectivity index (χ0) is 14.0. The van der Waals surface area contributed by atoms with Crippen LogP contribution in [-0.2, 0) is 28.6 Å². The summed E-state index contributed by atoms with van der Waals surface area (Å²) in [6.45, 7) is 9.45. The van der Waals surface area contributed by atoms with Crippen LogP contribution in [0, 0.1) is 12.0 Å². The van der Waals surface area contributed by atoms with E-state index in [9.17, 15) is 14.4 Å². The minimum absolute atomic E-state index is 0.800. The van der Waals surface area contributed by atoms with Gasteiger partial charge in [0.2, 0.25) is 0 Å². The summed E-state index contributed by atoms with van der Waals surface area (Å²) < 4.78 is 13.4. The minimum atomic E-state index is -1.53. The van der Waals surface area contributed by atoms with Gasteiger partial charge in [-0.2, -0.15) is 0 Å². The highest BCUT2D eigenvalue weighted by atomic mass is 16.7. The van der Waals surface area contributed by atoms with Crippen LogP contribution in [0.15, 0.2) is 38.0 Å². The normalized spacial score (nSPS) is 8.28. The van der Waals surface area contributed by atoms with Gasteiger partial charge in [-0.1, -0.05) is 19.7 Å². The summed E-state index contributed by atoms with van der Waals surface area (Å²) in [5, 5.41) is 0. The highest BCUT2D eigenvalue weighted by Gasteiger charge is 2.13. The lowest BCUT2D eigenvalue weighted by atomic mass is 10.6. The van der Waals surface area contributed by atoms with Gasteiger partial charge in [-0.3, -0.25) is 0 Å². The SMILES string of the molecule is C=CC(=O)OC#CC(OC(=O)C=C)OC(=O)C=C. The molecule has 0 rings (SSSR count). The fourth-order valence-corrected chi connectivity index (χ4v) is 0.560. The molecule has 0 aromatic heterocycles. The molecular formula is C12H10O6. The van der Waals surface area contributed by atoms with Crippen molar-refractivity contribution in [3.8, 4) is 12.0 Å². The highest BCUT2D eigenvalue weighted by Crippen LogP contribution is 1.97. The summed E-state index contributed by atoms with van der Waals surface area (Å²) in [5.41, 5.74) is 0. The van der Waals surface area contributed by atoms with Crippen LogP contribution < -0.4 is 0 Å². The number of carbonyl (C=O) groups excluding carboxylic acids is 3. The number of carbonyl (C=O) groups is 3. The Hall–Kier alpha value is -2.81. The second-order valence-corrected chi connectivity index (χ2v) is 2.49. The maximum atomic E-state index is 10.9. The summed E-state index contributed by atoms with van der Waals surface area (Å²) in [5.74, 6) is -0.427. The fraction of sp³-hybridized carbons (Fsp3) is 0.0833. The third-order valence-electron chi connectivity index (χ3n) is 1.27. The number of esters is 3. The van der Waals surface area contributed by atoms with Gasteiger partial charge in [0, 0.05) is 24.1 Å². The second kappa shape index (κ2) is 8.35. The Bertz CT molecular complexity index is 415. The quantitative estimate of drug-likeness (QED) is 0.305. The molecule has 0 amide bonds. The Morgan fingerprint density at radius 3 is 1.72 bits per heavy atom. The van der Waals surface area contributed by atoms with Crippen molar-refractivity contribution in [1.82, 2.24) is 0 Å². The van der Waals surface area contributed by atoms with Crippen LogP contribution >= 0.6 is 0 Å². The van der Waals surface area contributed by atoms with Crippen molar-refractivity contribution in [2.75, 3.05) is 0 Å². The molecule has 0 unspecified atom stereocenters. The van der Waals surface area contributed by atoms with E-state index in [1.165, 1.54) is 0 Å². The van der Waals surface area contributed by atoms with Crippen LogP contribution in [0.3, 0.4) is 0 Å². The van der Waals surface area contributed by atoms with Crippen LogP contribution in [-0.4, -0.2) is 24.2 Å². The summed E-state index contributed by atoms with van der Waals surface area (Å²) >= 11 is 0. The molecule has 6 nitrogen and oxygen atoms in total. The van der Waals surface area contributed by atoms with Gasteiger partial charge in [-0.15, -0.1) is 0 Å². The molecule has 6 heteroatoms. The van der Waals surface area contributed by atoms with Gasteiger partial charge in [0.1, 0.15) is 6.11 Å². The van der Waals surface area contributed by atoms with Crippen molar-refractivity contribution < 1.29 is 28.6 Å². The van der Waals surface area contributed by atoms with Crippen LogP contribution in [0.4, 0.5) is 0 Å². The molecule has 0 fully saturated rings. The van der Waals surface area contributed by atoms with Gasteiger partial charge in [0.05, 0.1) is 0 Å². The number of rotatable bonds is 5. The molecule has 0 radical (unpaired) electrons. The lowest BCUT2D eigenvalue weighted by Crippen LogP contribution is -2.21. The summed E-state index contributed by atoms with van der Waals surface area (Å²) in [6.07, 6.45) is 2.96. The lowest BCUT2D eigenvalue weighted by molar-refractivity contribution is -0.170. The average Bonchev–Trinajstić information content (AvgIpc) is 2.37. The Kier molecular flexibility index (Phi) is 7.05. The molecule has 0 aliphatic carbocycles. The second-order valence-electron chi connectivity index (χ2n) is 2.49. The van der Waals surface area contributed by atoms with Crippen molar-refractivity contribution in [3.63, 3.8) is 0 Å². The van der Waals surface area contributed by atoms with Gasteiger partial charge in [0.25, 0.3) is 0 Å². The third-order valence-corrected chi connectivity index (χ3v) is 1.27. The number of hydrogen-bond donors (Lipinski definition) is 0. The van der Waals surface area contributed by atoms with Gasteiger partial charge in [-0.05, 0) is 0 Å². The van der Waals surface area contributed by atoms with E-state index in [0.717, 1.165) is 18.2 Å². The standard InChI is InChI=1S/C12H10O6/c1-4-9(13)16-8-7-12(17-10(14)5-2)18-11(15)6-3/h4-6,12H,1-3H2. The van der Waals surface area contributed by atoms with Gasteiger partial charge >= 0.3 is 24.2 Å². The predicted molar refractivity (Wildman–Crippen MR) is 60.4 cm³/mol. The molecule has 0 aromatic rings. The third kappa shape index (κ3) is 6.63. The molecule has 0 bridgehead atoms. The minimum Gasteiger partial charge on any atom is -0.410 e. The van der Waals surface area contributed by atoms with Crippen molar-refractivity contribution in [2.45, 2.75) is 6.29 Å². The largest absolute Gasteiger partial charge is 0.410 e. The first-order valence-corrected chi connectivity index (χ1v) is 4.53. The summed E-state index contributed by atoms with van der Waals surface area (Å²) in [4.78, 5) is 32.5. The fourth-order valence-electron chi connectivity index (χ4n) is 0.560. The van der Waals surface area contributed by atoms with Crippen LogP contribution in [0.1, 0.15) is 0 Å². The molecule has 0 heterocycles. The van der Waals surface area contributed by atoms with E-state index in [1.54, 1.807) is 0 Å². The molecular weight excluding hydrogens is 240 g/mol. The predicted octanol–water partition coefficient (Wildman–Crippen LogP) is 0.461. The van der Waals surface area contributed by atoms with E-state index in [-0.39, 0.29) is 0 Å². The van der Waals surface area contributed by atoms with Crippen LogP contribution in [0.25, 0.3) is 0 Å². The first-order chi connectivity index (χ1) is 8.53. The van der Waals surface area contributed by atoms with E-state index in [2.05, 4.69) is 39.9 Å². The maximum Gasteiger partial charge on any atom is 0.344 e. The molecule has 0 atom stereocenters. The van der Waals surface area contributed by atoms with Gasteiger partial charge < -0.3 is 14.2 Å². The van der Waals surface area contributed by atoms with E-state index in [1.807, 2.05) is 6.11 Å². The Labute approximate surface area is 104 Å². The van der Waals surface area contributed by atoms with Crippen molar-refractivity contribution >= 4 is 17.9 Å². The summed E-state index contributed by atoms with van der Waals surface area (Å²) in [6, 6.07) is 0. The lowest BCUT2D eigenvalue weighted by Gasteiger charge is -2.09. The van der Waals surface area contributed by atoms with Gasteiger partial charge in [-0.25, -0.2) is 14.4 Å². The smallest absolute Gasteiger partial charge is 0.344 e. The van der Waals surface area contributed by atoms with Crippen LogP contribution in [0.2, 0.25) is 0 Å². The average molecular weight is 250 g/mol. The molecule has 0 aliphatic rings. The molecule has 0 spiro atoms. The molecule has 0 saturated carbocycles. The maximum absolute atomic E-state index is 10.9. The molecule has 0 aromatic carbocycles. The zero-order valence-electron chi connectivity index (χ0n) is 9.38. The Morgan fingerprint density at radius 2 is 1.33 bits per heavy atom. The Morgan fingerprint density at radius 1 is 0.889 bits per heavy atom. The summed E-state index contributed by atoms with van der Waals surface area (Å²) in [7, 11) is 0. The van der Waals surface area contributed by atoms with E-state index >= 15 is 0 Å². The molecule has 0 N–H and O–H groups in total. The van der Waals surface area contributed by atoms with E-state index < -0.39 is 24.2 Å². The van der Waals surface area contributed by atoms with Crippen molar-refractivity contribution in [2.24, 2.45) is 0 Å². The van der Waals surface area contributed by atoms with E-state index in [4.69, 9.17) is 0 Å². The Balaban J connectivity index is 4.63. The van der Waals surface area contributed by atoms with Crippen LogP contribution in [0.5, 0.6) is 0 Å². The molecule has 0 aliphatic heterocycles. The first-order valence-electron chi connectivity index (χ1n) is 4.53. The van der Waals surface area contributed by atoms with Crippen molar-refractivity contribution in [1.29, 1.82) is 0 Å². The number of ether oxygens (including phenoxy) is 3. The molecule has 94 valence electrons. The topological polar surface area (TPSA) is 78.9 Å². The highest BCUT2D eigenvalue weighted by molar-refractivity contribution is 5.83. The molecule has 18 heavy (non-hydrogen) atoms. The van der Waals surface area contributed by atoms with Gasteiger partial charge in [0.15, 0.2) is 0 Å². The molecule has 0 saturated heterocycles. The monoisotopic (exact) mass is 250 g/mol.